The van der Waals surface area contributed by atoms with E-state index in [4.69, 9.17) is 4.84 Å². The van der Waals surface area contributed by atoms with Gasteiger partial charge in [0.05, 0.1) is 19.7 Å². The number of aromatic nitrogens is 1. The van der Waals surface area contributed by atoms with Gasteiger partial charge in [-0.3, -0.25) is 14.4 Å². The van der Waals surface area contributed by atoms with E-state index < -0.39 is 0 Å². The SMILES string of the molecule is CC(=O)N1Cc2cccn2C[C@@H](CC(=O)N2CCCO2)C1. The molecule has 0 aliphatic carbocycles. The van der Waals surface area contributed by atoms with E-state index in [0.29, 0.717) is 32.7 Å². The molecule has 2 amide bonds. The first-order valence-corrected chi connectivity index (χ1v) is 7.46. The molecular formula is C15H21N3O3. The van der Waals surface area contributed by atoms with Crippen LogP contribution in [0, 0.1) is 5.92 Å². The Labute approximate surface area is 124 Å². The van der Waals surface area contributed by atoms with Gasteiger partial charge >= 0.3 is 0 Å². The van der Waals surface area contributed by atoms with Gasteiger partial charge in [-0.2, -0.15) is 0 Å². The van der Waals surface area contributed by atoms with Crippen molar-refractivity contribution in [2.45, 2.75) is 32.9 Å². The molecule has 2 aliphatic heterocycles. The number of amides is 2. The molecule has 1 atom stereocenters. The standard InChI is InChI=1S/C15H21N3O3/c1-12(19)17-10-13(8-15(20)18-6-3-7-21-18)9-16-5-2-4-14(16)11-17/h2,4-5,13H,3,6-11H2,1H3/t13-/m1/s1. The van der Waals surface area contributed by atoms with E-state index in [9.17, 15) is 9.59 Å². The highest BCUT2D eigenvalue weighted by Crippen LogP contribution is 2.21. The zero-order valence-electron chi connectivity index (χ0n) is 12.3. The zero-order chi connectivity index (χ0) is 14.8. The summed E-state index contributed by atoms with van der Waals surface area (Å²) in [5, 5.41) is 1.47. The summed E-state index contributed by atoms with van der Waals surface area (Å²) < 4.78 is 2.14. The number of rotatable bonds is 2. The van der Waals surface area contributed by atoms with Crippen LogP contribution in [0.5, 0.6) is 0 Å². The number of hydrogen-bond acceptors (Lipinski definition) is 3. The predicted molar refractivity (Wildman–Crippen MR) is 75.9 cm³/mol. The van der Waals surface area contributed by atoms with Gasteiger partial charge in [-0.1, -0.05) is 0 Å². The maximum Gasteiger partial charge on any atom is 0.246 e. The second-order valence-corrected chi connectivity index (χ2v) is 5.80. The lowest BCUT2D eigenvalue weighted by molar-refractivity contribution is -0.170. The predicted octanol–water partition coefficient (Wildman–Crippen LogP) is 1.02. The first kappa shape index (κ1) is 14.1. The quantitative estimate of drug-likeness (QED) is 0.817. The third-order valence-corrected chi connectivity index (χ3v) is 4.15. The van der Waals surface area contributed by atoms with Gasteiger partial charge in [-0.05, 0) is 18.6 Å². The lowest BCUT2D eigenvalue weighted by Gasteiger charge is -2.24. The van der Waals surface area contributed by atoms with Crippen LogP contribution in [-0.2, 0) is 27.5 Å². The van der Waals surface area contributed by atoms with Gasteiger partial charge in [0.1, 0.15) is 0 Å². The van der Waals surface area contributed by atoms with Gasteiger partial charge in [0, 0.05) is 44.2 Å². The molecule has 2 aliphatic rings. The van der Waals surface area contributed by atoms with Crippen LogP contribution in [-0.4, -0.2) is 46.0 Å². The fraction of sp³-hybridized carbons (Fsp3) is 0.600. The van der Waals surface area contributed by atoms with Crippen LogP contribution in [0.1, 0.15) is 25.5 Å². The molecule has 0 saturated carbocycles. The Morgan fingerprint density at radius 1 is 1.38 bits per heavy atom. The zero-order valence-corrected chi connectivity index (χ0v) is 12.3. The largest absolute Gasteiger partial charge is 0.349 e. The van der Waals surface area contributed by atoms with Crippen molar-refractivity contribution in [3.63, 3.8) is 0 Å². The van der Waals surface area contributed by atoms with Crippen molar-refractivity contribution in [1.82, 2.24) is 14.5 Å². The Balaban J connectivity index is 1.71. The number of carbonyl (C=O) groups excluding carboxylic acids is 2. The lowest BCUT2D eigenvalue weighted by Crippen LogP contribution is -2.35. The summed E-state index contributed by atoms with van der Waals surface area (Å²) in [6, 6.07) is 4.02. The van der Waals surface area contributed by atoms with Crippen molar-refractivity contribution < 1.29 is 14.4 Å². The van der Waals surface area contributed by atoms with Crippen molar-refractivity contribution in [3.05, 3.63) is 24.0 Å². The summed E-state index contributed by atoms with van der Waals surface area (Å²) in [4.78, 5) is 31.1. The second-order valence-electron chi connectivity index (χ2n) is 5.80. The normalized spacial score (nSPS) is 22.0. The monoisotopic (exact) mass is 291 g/mol. The molecule has 21 heavy (non-hydrogen) atoms. The average Bonchev–Trinajstić information content (AvgIpc) is 3.07. The van der Waals surface area contributed by atoms with Crippen molar-refractivity contribution >= 4 is 11.8 Å². The van der Waals surface area contributed by atoms with Crippen molar-refractivity contribution in [2.24, 2.45) is 5.92 Å². The molecule has 6 nitrogen and oxygen atoms in total. The molecule has 114 valence electrons. The fourth-order valence-electron chi connectivity index (χ4n) is 3.04. The Bertz CT molecular complexity index is 534. The van der Waals surface area contributed by atoms with Gasteiger partial charge in [0.25, 0.3) is 0 Å². The minimum absolute atomic E-state index is 0.0246. The molecule has 0 bridgehead atoms. The van der Waals surface area contributed by atoms with E-state index in [1.165, 1.54) is 5.06 Å². The molecular weight excluding hydrogens is 270 g/mol. The molecule has 0 aromatic carbocycles. The number of hydroxylamine groups is 2. The van der Waals surface area contributed by atoms with E-state index in [2.05, 4.69) is 4.57 Å². The van der Waals surface area contributed by atoms with Crippen LogP contribution in [0.3, 0.4) is 0 Å². The molecule has 0 unspecified atom stereocenters. The summed E-state index contributed by atoms with van der Waals surface area (Å²) in [5.41, 5.74) is 1.12. The molecule has 3 heterocycles. The van der Waals surface area contributed by atoms with Crippen LogP contribution in [0.2, 0.25) is 0 Å². The third kappa shape index (κ3) is 3.10. The topological polar surface area (TPSA) is 54.8 Å². The van der Waals surface area contributed by atoms with E-state index in [0.717, 1.165) is 18.7 Å². The smallest absolute Gasteiger partial charge is 0.246 e. The van der Waals surface area contributed by atoms with Gasteiger partial charge in [0.15, 0.2) is 0 Å². The molecule has 6 heteroatoms. The third-order valence-electron chi connectivity index (χ3n) is 4.15. The summed E-state index contributed by atoms with van der Waals surface area (Å²) in [6.45, 7) is 4.89. The summed E-state index contributed by atoms with van der Waals surface area (Å²) in [7, 11) is 0. The maximum atomic E-state index is 12.2. The highest BCUT2D eigenvalue weighted by Gasteiger charge is 2.28. The summed E-state index contributed by atoms with van der Waals surface area (Å²) in [5.74, 6) is 0.204. The van der Waals surface area contributed by atoms with Crippen LogP contribution >= 0.6 is 0 Å². The molecule has 0 spiro atoms. The molecule has 0 N–H and O–H groups in total. The number of carbonyl (C=O) groups is 2. The molecule has 0 radical (unpaired) electrons. The minimum atomic E-state index is 0.0246. The Morgan fingerprint density at radius 2 is 2.24 bits per heavy atom. The van der Waals surface area contributed by atoms with Crippen molar-refractivity contribution in [3.8, 4) is 0 Å². The molecule has 1 aromatic heterocycles. The average molecular weight is 291 g/mol. The van der Waals surface area contributed by atoms with E-state index in [1.54, 1.807) is 6.92 Å². The maximum absolute atomic E-state index is 12.2. The van der Waals surface area contributed by atoms with E-state index in [-0.39, 0.29) is 17.7 Å². The van der Waals surface area contributed by atoms with Crippen LogP contribution in [0.4, 0.5) is 0 Å². The molecule has 1 saturated heterocycles. The fourth-order valence-corrected chi connectivity index (χ4v) is 3.04. The van der Waals surface area contributed by atoms with Gasteiger partial charge in [0.2, 0.25) is 11.8 Å². The van der Waals surface area contributed by atoms with Crippen molar-refractivity contribution in [1.29, 1.82) is 0 Å². The van der Waals surface area contributed by atoms with Crippen LogP contribution in [0.25, 0.3) is 0 Å². The highest BCUT2D eigenvalue weighted by atomic mass is 16.7. The Hall–Kier alpha value is -1.82. The van der Waals surface area contributed by atoms with E-state index >= 15 is 0 Å². The van der Waals surface area contributed by atoms with Gasteiger partial charge < -0.3 is 9.47 Å². The molecule has 3 rings (SSSR count). The molecule has 1 fully saturated rings. The number of hydrogen-bond donors (Lipinski definition) is 0. The highest BCUT2D eigenvalue weighted by molar-refractivity contribution is 5.76. The van der Waals surface area contributed by atoms with Gasteiger partial charge in [-0.15, -0.1) is 0 Å². The lowest BCUT2D eigenvalue weighted by atomic mass is 10.0. The second kappa shape index (κ2) is 5.89. The first-order valence-electron chi connectivity index (χ1n) is 7.46. The van der Waals surface area contributed by atoms with Gasteiger partial charge in [-0.25, -0.2) is 5.06 Å². The summed E-state index contributed by atoms with van der Waals surface area (Å²) in [6.07, 6.45) is 3.34. The minimum Gasteiger partial charge on any atom is -0.349 e. The molecule has 1 aromatic rings. The van der Waals surface area contributed by atoms with Crippen LogP contribution < -0.4 is 0 Å². The Kier molecular flexibility index (Phi) is 3.96. The number of fused-ring (bicyclic) bond motifs is 1. The summed E-state index contributed by atoms with van der Waals surface area (Å²) >= 11 is 0. The van der Waals surface area contributed by atoms with Crippen molar-refractivity contribution in [2.75, 3.05) is 19.7 Å². The van der Waals surface area contributed by atoms with E-state index in [1.807, 2.05) is 23.2 Å². The first-order chi connectivity index (χ1) is 10.1. The Morgan fingerprint density at radius 3 is 2.95 bits per heavy atom. The van der Waals surface area contributed by atoms with Crippen LogP contribution in [0.15, 0.2) is 18.3 Å². The number of nitrogens with zero attached hydrogens (tertiary/aromatic N) is 3.